The van der Waals surface area contributed by atoms with Crippen LogP contribution in [-0.4, -0.2) is 63.6 Å². The lowest BCUT2D eigenvalue weighted by atomic mass is 10.1. The van der Waals surface area contributed by atoms with E-state index in [1.54, 1.807) is 41.5 Å². The molecule has 0 fully saturated rings. The molecular formula is C16H22N4O9S3. The lowest BCUT2D eigenvalue weighted by Gasteiger charge is -2.11. The number of thiazole rings is 1. The molecule has 3 aromatic rings. The summed E-state index contributed by atoms with van der Waals surface area (Å²) in [5.41, 5.74) is 2.10. The average Bonchev–Trinajstić information content (AvgIpc) is 3.21. The molecule has 1 amide bonds. The first kappa shape index (κ1) is 29.3. The standard InChI is InChI=1S/C16H16N4O3S2.H2O4S.2H2O/c1-10-15(24-16(18-10)19-11(2)21)12-4-5-14(25(3,22)23)13(8-12)20-7-6-17-9-20;1-5(2,3)4;;/h4-9H,1-3H3,(H,18,19,21);(H2,1,2,3,4);2*1H2. The second-order valence-electron chi connectivity index (χ2n) is 5.99. The number of nitrogens with zero attached hydrogens (tertiary/aromatic N) is 3. The van der Waals surface area contributed by atoms with Crippen molar-refractivity contribution in [1.29, 1.82) is 0 Å². The SMILES string of the molecule is CC(=O)Nc1nc(C)c(-c2ccc(S(C)(=O)=O)c(-n3ccnc3)c2)s1.O.O.O=S(=O)(O)O. The molecule has 0 saturated carbocycles. The topological polar surface area (TPSA) is 232 Å². The van der Waals surface area contributed by atoms with E-state index in [4.69, 9.17) is 17.5 Å². The van der Waals surface area contributed by atoms with Crippen LogP contribution in [0.1, 0.15) is 12.6 Å². The Labute approximate surface area is 187 Å². The highest BCUT2D eigenvalue weighted by Crippen LogP contribution is 2.35. The van der Waals surface area contributed by atoms with Crippen LogP contribution in [0.5, 0.6) is 0 Å². The Morgan fingerprint density at radius 2 is 1.75 bits per heavy atom. The van der Waals surface area contributed by atoms with Gasteiger partial charge in [0, 0.05) is 25.6 Å². The van der Waals surface area contributed by atoms with Crippen molar-refractivity contribution in [2.24, 2.45) is 0 Å². The molecule has 3 rings (SSSR count). The third-order valence-electron chi connectivity index (χ3n) is 3.48. The molecule has 0 bridgehead atoms. The van der Waals surface area contributed by atoms with Gasteiger partial charge in [0.15, 0.2) is 15.0 Å². The number of hydrogen-bond donors (Lipinski definition) is 3. The molecule has 178 valence electrons. The summed E-state index contributed by atoms with van der Waals surface area (Å²) in [6.07, 6.45) is 6.01. The average molecular weight is 511 g/mol. The summed E-state index contributed by atoms with van der Waals surface area (Å²) in [4.78, 5) is 20.6. The van der Waals surface area contributed by atoms with Gasteiger partial charge in [-0.05, 0) is 24.6 Å². The molecule has 32 heavy (non-hydrogen) atoms. The van der Waals surface area contributed by atoms with Crippen LogP contribution in [0.15, 0.2) is 41.8 Å². The van der Waals surface area contributed by atoms with Crippen molar-refractivity contribution in [2.75, 3.05) is 11.6 Å². The lowest BCUT2D eigenvalue weighted by molar-refractivity contribution is -0.114. The minimum atomic E-state index is -4.67. The van der Waals surface area contributed by atoms with Gasteiger partial charge in [0.05, 0.1) is 27.5 Å². The van der Waals surface area contributed by atoms with E-state index in [9.17, 15) is 13.2 Å². The second kappa shape index (κ2) is 11.2. The summed E-state index contributed by atoms with van der Waals surface area (Å²) in [7, 11) is -8.06. The van der Waals surface area contributed by atoms with Crippen molar-refractivity contribution in [3.8, 4) is 16.1 Å². The van der Waals surface area contributed by atoms with Gasteiger partial charge in [-0.3, -0.25) is 13.9 Å². The number of carbonyl (C=O) groups is 1. The highest BCUT2D eigenvalue weighted by atomic mass is 32.3. The Morgan fingerprint density at radius 3 is 2.22 bits per heavy atom. The highest BCUT2D eigenvalue weighted by Gasteiger charge is 2.18. The number of amides is 1. The molecule has 7 N–H and O–H groups in total. The van der Waals surface area contributed by atoms with Crippen molar-refractivity contribution in [1.82, 2.24) is 14.5 Å². The van der Waals surface area contributed by atoms with E-state index in [1.165, 1.54) is 24.5 Å². The van der Waals surface area contributed by atoms with Crippen LogP contribution in [0, 0.1) is 6.92 Å². The van der Waals surface area contributed by atoms with Crippen LogP contribution in [0.4, 0.5) is 5.13 Å². The first-order valence-electron chi connectivity index (χ1n) is 8.03. The molecule has 1 aromatic carbocycles. The second-order valence-corrected chi connectivity index (χ2v) is 9.87. The fourth-order valence-electron chi connectivity index (χ4n) is 2.44. The third kappa shape index (κ3) is 8.42. The Morgan fingerprint density at radius 1 is 1.16 bits per heavy atom. The van der Waals surface area contributed by atoms with E-state index in [1.807, 2.05) is 6.92 Å². The zero-order chi connectivity index (χ0) is 22.7. The molecule has 16 heteroatoms. The number of hydrogen-bond acceptors (Lipinski definition) is 8. The number of carbonyl (C=O) groups excluding carboxylic acids is 1. The fourth-order valence-corrected chi connectivity index (χ4v) is 4.31. The smallest absolute Gasteiger partial charge is 0.394 e. The molecule has 0 spiro atoms. The lowest BCUT2D eigenvalue weighted by Crippen LogP contribution is -2.04. The number of benzene rings is 1. The van der Waals surface area contributed by atoms with Crippen LogP contribution in [-0.2, 0) is 25.0 Å². The summed E-state index contributed by atoms with van der Waals surface area (Å²) in [5, 5.41) is 3.18. The zero-order valence-corrected chi connectivity index (χ0v) is 19.4. The number of rotatable bonds is 4. The molecule has 0 aliphatic rings. The van der Waals surface area contributed by atoms with Gasteiger partial charge >= 0.3 is 10.4 Å². The van der Waals surface area contributed by atoms with Gasteiger partial charge in [0.1, 0.15) is 0 Å². The highest BCUT2D eigenvalue weighted by molar-refractivity contribution is 7.90. The van der Waals surface area contributed by atoms with Gasteiger partial charge in [0.25, 0.3) is 0 Å². The van der Waals surface area contributed by atoms with Crippen molar-refractivity contribution < 1.29 is 41.7 Å². The fraction of sp³-hybridized carbons (Fsp3) is 0.188. The molecule has 0 aliphatic heterocycles. The van der Waals surface area contributed by atoms with E-state index in [0.29, 0.717) is 10.8 Å². The quantitative estimate of drug-likeness (QED) is 0.410. The summed E-state index contributed by atoms with van der Waals surface area (Å²) in [6, 6.07) is 5.11. The number of sulfone groups is 1. The van der Waals surface area contributed by atoms with Gasteiger partial charge < -0.3 is 20.8 Å². The predicted molar refractivity (Wildman–Crippen MR) is 118 cm³/mol. The predicted octanol–water partition coefficient (Wildman–Crippen LogP) is 0.364. The normalized spacial score (nSPS) is 10.8. The first-order valence-corrected chi connectivity index (χ1v) is 12.1. The molecule has 0 aliphatic carbocycles. The molecule has 2 heterocycles. The summed E-state index contributed by atoms with van der Waals surface area (Å²) >= 11 is 1.34. The number of aromatic nitrogens is 3. The molecule has 13 nitrogen and oxygen atoms in total. The van der Waals surface area contributed by atoms with E-state index in [0.717, 1.165) is 16.1 Å². The van der Waals surface area contributed by atoms with Gasteiger partial charge in [-0.15, -0.1) is 0 Å². The monoisotopic (exact) mass is 510 g/mol. The summed E-state index contributed by atoms with van der Waals surface area (Å²) < 4.78 is 57.4. The van der Waals surface area contributed by atoms with E-state index < -0.39 is 20.2 Å². The summed E-state index contributed by atoms with van der Waals surface area (Å²) in [5.74, 6) is -0.188. The molecule has 0 atom stereocenters. The largest absolute Gasteiger partial charge is 0.412 e. The number of anilines is 1. The Kier molecular flexibility index (Phi) is 10.3. The van der Waals surface area contributed by atoms with Crippen LogP contribution in [0.2, 0.25) is 0 Å². The van der Waals surface area contributed by atoms with Crippen molar-refractivity contribution in [3.05, 3.63) is 42.6 Å². The van der Waals surface area contributed by atoms with Gasteiger partial charge in [-0.2, -0.15) is 8.42 Å². The Balaban J connectivity index is 0.00000124. The minimum Gasteiger partial charge on any atom is -0.412 e. The van der Waals surface area contributed by atoms with Crippen molar-refractivity contribution in [2.45, 2.75) is 18.7 Å². The maximum absolute atomic E-state index is 12.1. The van der Waals surface area contributed by atoms with E-state index in [2.05, 4.69) is 15.3 Å². The Hall–Kier alpha value is -2.73. The van der Waals surface area contributed by atoms with E-state index >= 15 is 0 Å². The Bertz CT molecular complexity index is 1260. The van der Waals surface area contributed by atoms with Crippen LogP contribution < -0.4 is 5.32 Å². The number of nitrogens with one attached hydrogen (secondary N) is 1. The molecular weight excluding hydrogens is 488 g/mol. The maximum Gasteiger partial charge on any atom is 0.394 e. The zero-order valence-electron chi connectivity index (χ0n) is 17.0. The van der Waals surface area contributed by atoms with E-state index in [-0.39, 0.29) is 21.8 Å². The summed E-state index contributed by atoms with van der Waals surface area (Å²) in [6.45, 7) is 3.27. The number of aryl methyl sites for hydroxylation is 1. The van der Waals surface area contributed by atoms with Crippen molar-refractivity contribution >= 4 is 42.6 Å². The molecule has 0 saturated heterocycles. The van der Waals surface area contributed by atoms with Gasteiger partial charge in [0.2, 0.25) is 5.91 Å². The van der Waals surface area contributed by atoms with Crippen molar-refractivity contribution in [3.63, 3.8) is 0 Å². The maximum atomic E-state index is 12.1. The molecule has 0 radical (unpaired) electrons. The first-order chi connectivity index (χ1) is 13.8. The molecule has 2 aromatic heterocycles. The molecule has 0 unspecified atom stereocenters. The van der Waals surface area contributed by atoms with Crippen LogP contribution >= 0.6 is 11.3 Å². The number of imidazole rings is 1. The third-order valence-corrected chi connectivity index (χ3v) is 5.75. The van der Waals surface area contributed by atoms with Gasteiger partial charge in [-0.25, -0.2) is 18.4 Å². The van der Waals surface area contributed by atoms with Crippen LogP contribution in [0.3, 0.4) is 0 Å². The minimum absolute atomic E-state index is 0. The van der Waals surface area contributed by atoms with Gasteiger partial charge in [-0.1, -0.05) is 17.4 Å². The van der Waals surface area contributed by atoms with Crippen LogP contribution in [0.25, 0.3) is 16.1 Å².